The molecule has 2 heterocycles. The smallest absolute Gasteiger partial charge is 0.353 e. The number of ether oxygens (including phenoxy) is 1. The molecule has 8 nitrogen and oxygen atoms in total. The van der Waals surface area contributed by atoms with Gasteiger partial charge in [-0.05, 0) is 19.8 Å². The van der Waals surface area contributed by atoms with Gasteiger partial charge in [-0.25, -0.2) is 9.97 Å². The summed E-state index contributed by atoms with van der Waals surface area (Å²) in [5, 5.41) is 14.3. The lowest BCUT2D eigenvalue weighted by Gasteiger charge is -2.32. The second-order valence-electron chi connectivity index (χ2n) is 4.63. The van der Waals surface area contributed by atoms with E-state index in [0.29, 0.717) is 18.9 Å². The number of hydrogen-bond acceptors (Lipinski definition) is 7. The topological polar surface area (TPSA) is 93.4 Å². The van der Waals surface area contributed by atoms with Crippen molar-refractivity contribution < 1.29 is 9.66 Å². The third kappa shape index (κ3) is 2.96. The zero-order chi connectivity index (χ0) is 14.5. The molecule has 1 N–H and O–H groups in total. The lowest BCUT2D eigenvalue weighted by molar-refractivity contribution is -0.383. The molecule has 1 aromatic heterocycles. The second-order valence-corrected chi connectivity index (χ2v) is 4.63. The fourth-order valence-corrected chi connectivity index (χ4v) is 2.39. The zero-order valence-electron chi connectivity index (χ0n) is 11.7. The zero-order valence-corrected chi connectivity index (χ0v) is 11.7. The van der Waals surface area contributed by atoms with Crippen molar-refractivity contribution in [2.75, 3.05) is 37.0 Å². The summed E-state index contributed by atoms with van der Waals surface area (Å²) in [6, 6.07) is 0. The molecule has 0 saturated carbocycles. The Morgan fingerprint density at radius 1 is 1.60 bits per heavy atom. The number of piperidine rings is 1. The number of rotatable bonds is 5. The fraction of sp³-hybridized carbons (Fsp3) is 0.667. The van der Waals surface area contributed by atoms with E-state index in [4.69, 9.17) is 4.74 Å². The number of nitrogens with one attached hydrogen (secondary N) is 1. The van der Waals surface area contributed by atoms with Crippen LogP contribution in [0.1, 0.15) is 19.8 Å². The summed E-state index contributed by atoms with van der Waals surface area (Å²) in [6.07, 6.45) is 3.33. The van der Waals surface area contributed by atoms with Gasteiger partial charge in [-0.2, -0.15) is 0 Å². The van der Waals surface area contributed by atoms with Gasteiger partial charge in [0.15, 0.2) is 0 Å². The maximum Gasteiger partial charge on any atom is 0.353 e. The van der Waals surface area contributed by atoms with Gasteiger partial charge in [0.1, 0.15) is 6.33 Å². The molecular formula is C12H19N5O3. The van der Waals surface area contributed by atoms with Gasteiger partial charge >= 0.3 is 5.69 Å². The van der Waals surface area contributed by atoms with Gasteiger partial charge in [0.05, 0.1) is 11.0 Å². The Labute approximate surface area is 117 Å². The molecule has 0 bridgehead atoms. The molecule has 0 aliphatic carbocycles. The van der Waals surface area contributed by atoms with Gasteiger partial charge in [0.2, 0.25) is 11.6 Å². The van der Waals surface area contributed by atoms with Gasteiger partial charge < -0.3 is 15.0 Å². The first-order chi connectivity index (χ1) is 9.67. The van der Waals surface area contributed by atoms with Crippen LogP contribution in [0.2, 0.25) is 0 Å². The standard InChI is InChI=1S/C12H19N5O3/c1-3-13-11-10(17(18)19)12(15-8-14-11)16-6-4-5-9(7-16)20-2/h8-9H,3-7H2,1-2H3,(H,13,14,15). The predicted octanol–water partition coefficient (Wildman–Crippen LogP) is 1.43. The van der Waals surface area contributed by atoms with Crippen LogP contribution >= 0.6 is 0 Å². The van der Waals surface area contributed by atoms with Crippen LogP contribution in [0.4, 0.5) is 17.3 Å². The van der Waals surface area contributed by atoms with Gasteiger partial charge in [-0.15, -0.1) is 0 Å². The Kier molecular flexibility index (Phi) is 4.67. The van der Waals surface area contributed by atoms with Crippen molar-refractivity contribution in [3.8, 4) is 0 Å². The van der Waals surface area contributed by atoms with Crippen molar-refractivity contribution in [3.05, 3.63) is 16.4 Å². The van der Waals surface area contributed by atoms with Crippen LogP contribution in [0, 0.1) is 10.1 Å². The van der Waals surface area contributed by atoms with E-state index in [1.165, 1.54) is 6.33 Å². The van der Waals surface area contributed by atoms with Crippen molar-refractivity contribution in [1.29, 1.82) is 0 Å². The predicted molar refractivity (Wildman–Crippen MR) is 75.1 cm³/mol. The average Bonchev–Trinajstić information content (AvgIpc) is 2.47. The molecule has 1 saturated heterocycles. The van der Waals surface area contributed by atoms with E-state index in [2.05, 4.69) is 15.3 Å². The molecule has 1 aromatic rings. The number of anilines is 2. The summed E-state index contributed by atoms with van der Waals surface area (Å²) in [6.45, 7) is 3.79. The van der Waals surface area contributed by atoms with Gasteiger partial charge in [-0.3, -0.25) is 10.1 Å². The van der Waals surface area contributed by atoms with Gasteiger partial charge in [-0.1, -0.05) is 0 Å². The van der Waals surface area contributed by atoms with Crippen LogP contribution in [0.3, 0.4) is 0 Å². The number of aromatic nitrogens is 2. The van der Waals surface area contributed by atoms with Crippen LogP contribution in [-0.2, 0) is 4.74 Å². The third-order valence-electron chi connectivity index (χ3n) is 3.34. The summed E-state index contributed by atoms with van der Waals surface area (Å²) in [4.78, 5) is 20.9. The maximum atomic E-state index is 11.3. The van der Waals surface area contributed by atoms with Crippen molar-refractivity contribution in [3.63, 3.8) is 0 Å². The summed E-state index contributed by atoms with van der Waals surface area (Å²) in [7, 11) is 1.66. The molecule has 1 fully saturated rings. The number of nitrogens with zero attached hydrogens (tertiary/aromatic N) is 4. The van der Waals surface area contributed by atoms with E-state index < -0.39 is 4.92 Å². The molecule has 1 aliphatic heterocycles. The first-order valence-corrected chi connectivity index (χ1v) is 6.68. The monoisotopic (exact) mass is 281 g/mol. The van der Waals surface area contributed by atoms with Crippen LogP contribution in [0.15, 0.2) is 6.33 Å². The average molecular weight is 281 g/mol. The summed E-state index contributed by atoms with van der Waals surface area (Å²) >= 11 is 0. The van der Waals surface area contributed by atoms with Gasteiger partial charge in [0, 0.05) is 26.7 Å². The summed E-state index contributed by atoms with van der Waals surface area (Å²) < 4.78 is 5.35. The molecular weight excluding hydrogens is 262 g/mol. The Hall–Kier alpha value is -1.96. The Morgan fingerprint density at radius 2 is 2.40 bits per heavy atom. The SMILES string of the molecule is CCNc1ncnc(N2CCCC(OC)C2)c1[N+](=O)[O-]. The molecule has 1 aliphatic rings. The minimum atomic E-state index is -0.427. The molecule has 8 heteroatoms. The second kappa shape index (κ2) is 6.47. The van der Waals surface area contributed by atoms with E-state index in [1.54, 1.807) is 7.11 Å². The highest BCUT2D eigenvalue weighted by atomic mass is 16.6. The number of nitro groups is 1. The normalized spacial score (nSPS) is 18.9. The van der Waals surface area contributed by atoms with Crippen molar-refractivity contribution >= 4 is 17.3 Å². The Balaban J connectivity index is 2.34. The Bertz CT molecular complexity index is 482. The van der Waals surface area contributed by atoms with E-state index in [0.717, 1.165) is 19.4 Å². The van der Waals surface area contributed by atoms with Crippen molar-refractivity contribution in [1.82, 2.24) is 9.97 Å². The van der Waals surface area contributed by atoms with E-state index >= 15 is 0 Å². The number of hydrogen-bond donors (Lipinski definition) is 1. The van der Waals surface area contributed by atoms with Crippen LogP contribution < -0.4 is 10.2 Å². The molecule has 20 heavy (non-hydrogen) atoms. The van der Waals surface area contributed by atoms with Crippen LogP contribution in [0.25, 0.3) is 0 Å². The minimum Gasteiger partial charge on any atom is -0.380 e. The molecule has 0 spiro atoms. The molecule has 0 radical (unpaired) electrons. The summed E-state index contributed by atoms with van der Waals surface area (Å²) in [5.41, 5.74) is -0.0638. The highest BCUT2D eigenvalue weighted by molar-refractivity contribution is 5.70. The fourth-order valence-electron chi connectivity index (χ4n) is 2.39. The largest absolute Gasteiger partial charge is 0.380 e. The molecule has 1 atom stereocenters. The van der Waals surface area contributed by atoms with Crippen LogP contribution in [0.5, 0.6) is 0 Å². The third-order valence-corrected chi connectivity index (χ3v) is 3.34. The van der Waals surface area contributed by atoms with Gasteiger partial charge in [0.25, 0.3) is 0 Å². The van der Waals surface area contributed by atoms with Crippen molar-refractivity contribution in [2.24, 2.45) is 0 Å². The first-order valence-electron chi connectivity index (χ1n) is 6.68. The lowest BCUT2D eigenvalue weighted by Crippen LogP contribution is -2.40. The highest BCUT2D eigenvalue weighted by Crippen LogP contribution is 2.33. The maximum absolute atomic E-state index is 11.3. The van der Waals surface area contributed by atoms with Crippen LogP contribution in [-0.4, -0.2) is 47.7 Å². The Morgan fingerprint density at radius 3 is 3.05 bits per heavy atom. The minimum absolute atomic E-state index is 0.0638. The summed E-state index contributed by atoms with van der Waals surface area (Å²) in [5.74, 6) is 0.629. The quantitative estimate of drug-likeness (QED) is 0.644. The van der Waals surface area contributed by atoms with E-state index in [-0.39, 0.29) is 17.6 Å². The van der Waals surface area contributed by atoms with Crippen molar-refractivity contribution in [2.45, 2.75) is 25.9 Å². The first kappa shape index (κ1) is 14.4. The lowest BCUT2D eigenvalue weighted by atomic mass is 10.1. The molecule has 2 rings (SSSR count). The number of methoxy groups -OCH3 is 1. The molecule has 0 aromatic carbocycles. The molecule has 1 unspecified atom stereocenters. The van der Waals surface area contributed by atoms with E-state index in [9.17, 15) is 10.1 Å². The molecule has 0 amide bonds. The van der Waals surface area contributed by atoms with E-state index in [1.807, 2.05) is 11.8 Å². The highest BCUT2D eigenvalue weighted by Gasteiger charge is 2.30. The molecule has 110 valence electrons.